The van der Waals surface area contributed by atoms with Crippen molar-refractivity contribution in [2.45, 2.75) is 31.6 Å². The van der Waals surface area contributed by atoms with E-state index in [1.54, 1.807) is 0 Å². The van der Waals surface area contributed by atoms with Gasteiger partial charge in [-0.05, 0) is 51.1 Å². The summed E-state index contributed by atoms with van der Waals surface area (Å²) in [6.07, 6.45) is 2.21. The van der Waals surface area contributed by atoms with Gasteiger partial charge in [0.15, 0.2) is 0 Å². The Morgan fingerprint density at radius 1 is 1.21 bits per heavy atom. The van der Waals surface area contributed by atoms with Crippen LogP contribution in [0.2, 0.25) is 0 Å². The summed E-state index contributed by atoms with van der Waals surface area (Å²) in [5.41, 5.74) is 1.03. The predicted molar refractivity (Wildman–Crippen MR) is 73.8 cm³/mol. The van der Waals surface area contributed by atoms with Crippen molar-refractivity contribution < 1.29 is 9.13 Å². The maximum absolute atomic E-state index is 13.0. The number of nitrogens with zero attached hydrogens (tertiary/aromatic N) is 2. The van der Waals surface area contributed by atoms with E-state index in [1.807, 2.05) is 12.1 Å². The minimum atomic E-state index is -0.189. The van der Waals surface area contributed by atoms with Crippen LogP contribution in [0.4, 0.5) is 10.1 Å². The van der Waals surface area contributed by atoms with Gasteiger partial charge >= 0.3 is 0 Å². The number of ether oxygens (including phenoxy) is 1. The van der Waals surface area contributed by atoms with E-state index in [0.717, 1.165) is 38.2 Å². The van der Waals surface area contributed by atoms with Gasteiger partial charge in [0.25, 0.3) is 0 Å². The molecule has 4 heteroatoms. The zero-order valence-corrected chi connectivity index (χ0v) is 11.6. The van der Waals surface area contributed by atoms with E-state index in [2.05, 4.69) is 23.8 Å². The molecule has 3 rings (SSSR count). The van der Waals surface area contributed by atoms with E-state index in [1.165, 1.54) is 12.1 Å². The normalized spacial score (nSPS) is 27.1. The number of hydrogen-bond acceptors (Lipinski definition) is 3. The van der Waals surface area contributed by atoms with Crippen LogP contribution < -0.4 is 4.90 Å². The van der Waals surface area contributed by atoms with Gasteiger partial charge in [-0.1, -0.05) is 0 Å². The highest BCUT2D eigenvalue weighted by Gasteiger charge is 2.44. The van der Waals surface area contributed by atoms with Crippen molar-refractivity contribution >= 4 is 5.69 Å². The Bertz CT molecular complexity index is 440. The molecule has 1 spiro atoms. The minimum Gasteiger partial charge on any atom is -0.350 e. The summed E-state index contributed by atoms with van der Waals surface area (Å²) >= 11 is 0. The molecule has 19 heavy (non-hydrogen) atoms. The predicted octanol–water partition coefficient (Wildman–Crippen LogP) is 2.47. The summed E-state index contributed by atoms with van der Waals surface area (Å²) in [5, 5.41) is 0. The highest BCUT2D eigenvalue weighted by Crippen LogP contribution is 2.37. The van der Waals surface area contributed by atoms with E-state index in [0.29, 0.717) is 0 Å². The number of piperidine rings is 1. The second-order valence-electron chi connectivity index (χ2n) is 5.81. The number of hydrogen-bond donors (Lipinski definition) is 0. The van der Waals surface area contributed by atoms with E-state index in [4.69, 9.17) is 4.74 Å². The quantitative estimate of drug-likeness (QED) is 0.775. The van der Waals surface area contributed by atoms with Crippen molar-refractivity contribution in [2.24, 2.45) is 0 Å². The maximum atomic E-state index is 13.0. The molecule has 1 aromatic carbocycles. The average Bonchev–Trinajstić information content (AvgIpc) is 2.72. The molecule has 1 unspecified atom stereocenters. The molecular formula is C15H21FN2O. The Morgan fingerprint density at radius 3 is 2.47 bits per heavy atom. The van der Waals surface area contributed by atoms with Crippen molar-refractivity contribution in [3.05, 3.63) is 30.1 Å². The Balaban J connectivity index is 1.76. The highest BCUT2D eigenvalue weighted by atomic mass is 19.1. The zero-order valence-electron chi connectivity index (χ0n) is 11.6. The van der Waals surface area contributed by atoms with Gasteiger partial charge in [-0.25, -0.2) is 4.39 Å². The fraction of sp³-hybridized carbons (Fsp3) is 0.600. The van der Waals surface area contributed by atoms with Gasteiger partial charge in [-0.3, -0.25) is 0 Å². The first kappa shape index (κ1) is 12.9. The van der Waals surface area contributed by atoms with Crippen LogP contribution in [0.5, 0.6) is 0 Å². The van der Waals surface area contributed by atoms with Gasteiger partial charge in [0, 0.05) is 25.3 Å². The molecule has 3 nitrogen and oxygen atoms in total. The van der Waals surface area contributed by atoms with Gasteiger partial charge in [-0.15, -0.1) is 0 Å². The van der Waals surface area contributed by atoms with Gasteiger partial charge in [0.2, 0.25) is 0 Å². The van der Waals surface area contributed by atoms with E-state index in [9.17, 15) is 4.39 Å². The third-order valence-electron chi connectivity index (χ3n) is 4.37. The van der Waals surface area contributed by atoms with Crippen molar-refractivity contribution in [1.82, 2.24) is 4.90 Å². The summed E-state index contributed by atoms with van der Waals surface area (Å²) in [6.45, 7) is 5.16. The van der Waals surface area contributed by atoms with Crippen LogP contribution in [-0.4, -0.2) is 43.4 Å². The van der Waals surface area contributed by atoms with Crippen LogP contribution in [0.25, 0.3) is 0 Å². The molecule has 0 N–H and O–H groups in total. The highest BCUT2D eigenvalue weighted by molar-refractivity contribution is 5.48. The lowest BCUT2D eigenvalue weighted by atomic mass is 9.91. The first-order chi connectivity index (χ1) is 9.08. The van der Waals surface area contributed by atoms with Crippen molar-refractivity contribution in [3.8, 4) is 0 Å². The number of benzene rings is 1. The SMILES string of the molecule is CC1OC2(CCN(C)CC2)CN1c1ccc(F)cc1. The van der Waals surface area contributed by atoms with Crippen LogP contribution >= 0.6 is 0 Å². The van der Waals surface area contributed by atoms with Crippen LogP contribution in [0.15, 0.2) is 24.3 Å². The number of halogens is 1. The van der Waals surface area contributed by atoms with E-state index < -0.39 is 0 Å². The first-order valence-corrected chi connectivity index (χ1v) is 6.97. The van der Waals surface area contributed by atoms with Gasteiger partial charge in [0.1, 0.15) is 12.0 Å². The topological polar surface area (TPSA) is 15.7 Å². The molecule has 2 aliphatic heterocycles. The van der Waals surface area contributed by atoms with Crippen LogP contribution in [-0.2, 0) is 4.74 Å². The third kappa shape index (κ3) is 2.47. The maximum Gasteiger partial charge on any atom is 0.128 e. The summed E-state index contributed by atoms with van der Waals surface area (Å²) in [4.78, 5) is 4.59. The molecule has 2 saturated heterocycles. The van der Waals surface area contributed by atoms with Crippen LogP contribution in [0, 0.1) is 5.82 Å². The Morgan fingerprint density at radius 2 is 1.84 bits per heavy atom. The monoisotopic (exact) mass is 264 g/mol. The van der Waals surface area contributed by atoms with Crippen molar-refractivity contribution in [2.75, 3.05) is 31.6 Å². The van der Waals surface area contributed by atoms with Gasteiger partial charge in [-0.2, -0.15) is 0 Å². The Kier molecular flexibility index (Phi) is 3.23. The molecule has 0 saturated carbocycles. The second-order valence-corrected chi connectivity index (χ2v) is 5.81. The fourth-order valence-electron chi connectivity index (χ4n) is 3.14. The Hall–Kier alpha value is -1.13. The largest absolute Gasteiger partial charge is 0.350 e. The molecule has 0 aliphatic carbocycles. The van der Waals surface area contributed by atoms with E-state index >= 15 is 0 Å². The molecule has 0 radical (unpaired) electrons. The lowest BCUT2D eigenvalue weighted by Crippen LogP contribution is -2.45. The summed E-state index contributed by atoms with van der Waals surface area (Å²) in [7, 11) is 2.16. The second kappa shape index (κ2) is 4.76. The summed E-state index contributed by atoms with van der Waals surface area (Å²) in [6, 6.07) is 6.70. The molecule has 0 bridgehead atoms. The summed E-state index contributed by atoms with van der Waals surface area (Å²) < 4.78 is 19.2. The van der Waals surface area contributed by atoms with Crippen molar-refractivity contribution in [3.63, 3.8) is 0 Å². The number of likely N-dealkylation sites (tertiary alicyclic amines) is 1. The van der Waals surface area contributed by atoms with Gasteiger partial charge in [0.05, 0.1) is 5.60 Å². The van der Waals surface area contributed by atoms with Gasteiger partial charge < -0.3 is 14.5 Å². The molecule has 2 heterocycles. The first-order valence-electron chi connectivity index (χ1n) is 6.97. The van der Waals surface area contributed by atoms with E-state index in [-0.39, 0.29) is 17.6 Å². The lowest BCUT2D eigenvalue weighted by molar-refractivity contribution is -0.0623. The van der Waals surface area contributed by atoms with Crippen molar-refractivity contribution in [1.29, 1.82) is 0 Å². The summed E-state index contributed by atoms with van der Waals surface area (Å²) in [5.74, 6) is -0.189. The molecular weight excluding hydrogens is 243 g/mol. The third-order valence-corrected chi connectivity index (χ3v) is 4.37. The Labute approximate surface area is 114 Å². The molecule has 2 fully saturated rings. The molecule has 1 aromatic rings. The lowest BCUT2D eigenvalue weighted by Gasteiger charge is -2.36. The van der Waals surface area contributed by atoms with Crippen LogP contribution in [0.3, 0.4) is 0 Å². The molecule has 2 aliphatic rings. The number of rotatable bonds is 1. The zero-order chi connectivity index (χ0) is 13.5. The fourth-order valence-corrected chi connectivity index (χ4v) is 3.14. The molecule has 0 aromatic heterocycles. The minimum absolute atomic E-state index is 0.0136. The molecule has 0 amide bonds. The van der Waals surface area contributed by atoms with Crippen LogP contribution in [0.1, 0.15) is 19.8 Å². The number of anilines is 1. The average molecular weight is 264 g/mol. The molecule has 1 atom stereocenters. The smallest absolute Gasteiger partial charge is 0.128 e. The molecule has 104 valence electrons. The standard InChI is InChI=1S/C15H21FN2O/c1-12-18(14-5-3-13(16)4-6-14)11-15(19-12)7-9-17(2)10-8-15/h3-6,12H,7-11H2,1-2H3.